The zero-order valence-corrected chi connectivity index (χ0v) is 10.1. The van der Waals surface area contributed by atoms with Gasteiger partial charge in [0.1, 0.15) is 0 Å². The minimum absolute atomic E-state index is 0.312. The number of rotatable bonds is 3. The monoisotopic (exact) mass is 255 g/mol. The van der Waals surface area contributed by atoms with E-state index in [4.69, 9.17) is 10.5 Å². The average Bonchev–Trinajstić information content (AvgIpc) is 2.76. The van der Waals surface area contributed by atoms with Gasteiger partial charge in [-0.05, 0) is 6.92 Å². The zero-order chi connectivity index (χ0) is 11.7. The van der Waals surface area contributed by atoms with Gasteiger partial charge in [0.05, 0.1) is 21.7 Å². The van der Waals surface area contributed by atoms with E-state index in [1.807, 2.05) is 0 Å². The molecule has 2 rings (SSSR count). The molecular formula is C10H9NO3S2. The molecule has 0 atom stereocenters. The number of hydrogen-bond acceptors (Lipinski definition) is 5. The van der Waals surface area contributed by atoms with Crippen molar-refractivity contribution in [3.63, 3.8) is 0 Å². The van der Waals surface area contributed by atoms with Crippen molar-refractivity contribution in [3.05, 3.63) is 21.9 Å². The highest BCUT2D eigenvalue weighted by molar-refractivity contribution is 7.37. The van der Waals surface area contributed by atoms with E-state index in [1.54, 1.807) is 17.7 Å². The molecule has 2 aromatic heterocycles. The van der Waals surface area contributed by atoms with E-state index in [2.05, 4.69) is 0 Å². The number of fused-ring (bicyclic) bond motifs is 1. The topological polar surface area (TPSA) is 69.4 Å². The molecular weight excluding hydrogens is 246 g/mol. The van der Waals surface area contributed by atoms with E-state index in [9.17, 15) is 9.59 Å². The highest BCUT2D eigenvalue weighted by atomic mass is 32.2. The Morgan fingerprint density at radius 1 is 1.31 bits per heavy atom. The van der Waals surface area contributed by atoms with Crippen LogP contribution in [0, 0.1) is 0 Å². The standard InChI is InChI=1S/C10H9NO3S2/c1-2-14-9(13)6-4-16-10-7(6)5(3-15-10)8(11)12/h3-4H,2H2,1H3,(H2,11,12). The quantitative estimate of drug-likeness (QED) is 0.855. The maximum Gasteiger partial charge on any atom is 0.339 e. The lowest BCUT2D eigenvalue weighted by molar-refractivity contribution is 0.0529. The Bertz CT molecular complexity index is 555. The highest BCUT2D eigenvalue weighted by Crippen LogP contribution is 2.34. The number of esters is 1. The number of primary amides is 1. The lowest BCUT2D eigenvalue weighted by atomic mass is 10.1. The van der Waals surface area contributed by atoms with Gasteiger partial charge in [0.25, 0.3) is 0 Å². The van der Waals surface area contributed by atoms with Crippen LogP contribution in [0.1, 0.15) is 27.6 Å². The van der Waals surface area contributed by atoms with Crippen LogP contribution in [0.25, 0.3) is 9.40 Å². The van der Waals surface area contributed by atoms with Crippen molar-refractivity contribution < 1.29 is 14.3 Å². The Morgan fingerprint density at radius 3 is 2.50 bits per heavy atom. The third-order valence-electron chi connectivity index (χ3n) is 2.07. The Balaban J connectivity index is 2.57. The van der Waals surface area contributed by atoms with Crippen molar-refractivity contribution in [1.29, 1.82) is 0 Å². The Kier molecular flexibility index (Phi) is 2.93. The van der Waals surface area contributed by atoms with E-state index in [-0.39, 0.29) is 0 Å². The molecule has 0 bridgehead atoms. The van der Waals surface area contributed by atoms with Crippen molar-refractivity contribution >= 4 is 43.9 Å². The summed E-state index contributed by atoms with van der Waals surface area (Å²) in [7, 11) is 0. The van der Waals surface area contributed by atoms with Crippen LogP contribution in [0.15, 0.2) is 10.8 Å². The molecule has 0 aromatic carbocycles. The minimum atomic E-state index is -0.518. The van der Waals surface area contributed by atoms with Gasteiger partial charge in [-0.15, -0.1) is 22.7 Å². The predicted molar refractivity (Wildman–Crippen MR) is 64.2 cm³/mol. The van der Waals surface area contributed by atoms with Crippen molar-refractivity contribution in [1.82, 2.24) is 0 Å². The second kappa shape index (κ2) is 4.23. The molecule has 1 amide bonds. The fourth-order valence-electron chi connectivity index (χ4n) is 1.39. The molecule has 0 radical (unpaired) electrons. The van der Waals surface area contributed by atoms with Gasteiger partial charge in [0.2, 0.25) is 5.91 Å². The van der Waals surface area contributed by atoms with Gasteiger partial charge in [0.15, 0.2) is 0 Å². The smallest absolute Gasteiger partial charge is 0.339 e. The number of amides is 1. The SMILES string of the molecule is CCOC(=O)c1csc2scc(C(N)=O)c12. The molecule has 0 aliphatic carbocycles. The van der Waals surface area contributed by atoms with Gasteiger partial charge >= 0.3 is 5.97 Å². The van der Waals surface area contributed by atoms with E-state index >= 15 is 0 Å². The Labute approximate surface area is 99.6 Å². The lowest BCUT2D eigenvalue weighted by Gasteiger charge is -1.99. The maximum absolute atomic E-state index is 11.6. The van der Waals surface area contributed by atoms with Crippen LogP contribution < -0.4 is 5.73 Å². The van der Waals surface area contributed by atoms with Gasteiger partial charge in [-0.3, -0.25) is 4.79 Å². The summed E-state index contributed by atoms with van der Waals surface area (Å²) in [5, 5.41) is 4.00. The summed E-state index contributed by atoms with van der Waals surface area (Å²) < 4.78 is 5.83. The first-order chi connectivity index (χ1) is 7.65. The third-order valence-corrected chi connectivity index (χ3v) is 4.19. The molecule has 4 nitrogen and oxygen atoms in total. The van der Waals surface area contributed by atoms with Crippen LogP contribution in [0.3, 0.4) is 0 Å². The minimum Gasteiger partial charge on any atom is -0.462 e. The van der Waals surface area contributed by atoms with Crippen LogP contribution >= 0.6 is 22.7 Å². The molecule has 0 unspecified atom stereocenters. The molecule has 0 aliphatic heterocycles. The van der Waals surface area contributed by atoms with Crippen molar-refractivity contribution in [3.8, 4) is 0 Å². The summed E-state index contributed by atoms with van der Waals surface area (Å²) >= 11 is 2.82. The molecule has 2 heterocycles. The fourth-order valence-corrected chi connectivity index (χ4v) is 3.48. The molecule has 0 fully saturated rings. The molecule has 0 saturated carbocycles. The zero-order valence-electron chi connectivity index (χ0n) is 8.48. The van der Waals surface area contributed by atoms with E-state index < -0.39 is 11.9 Å². The van der Waals surface area contributed by atoms with Crippen molar-refractivity contribution in [2.75, 3.05) is 6.61 Å². The largest absolute Gasteiger partial charge is 0.462 e. The first-order valence-corrected chi connectivity index (χ1v) is 6.36. The van der Waals surface area contributed by atoms with Gasteiger partial charge < -0.3 is 10.5 Å². The highest BCUT2D eigenvalue weighted by Gasteiger charge is 2.20. The number of nitrogens with two attached hydrogens (primary N) is 1. The van der Waals surface area contributed by atoms with Crippen molar-refractivity contribution in [2.45, 2.75) is 6.92 Å². The summed E-state index contributed by atoms with van der Waals surface area (Å²) in [6, 6.07) is 0. The number of carbonyl (C=O) groups is 2. The fraction of sp³-hybridized carbons (Fsp3) is 0.200. The van der Waals surface area contributed by atoms with Crippen LogP contribution in [0.4, 0.5) is 0 Å². The van der Waals surface area contributed by atoms with Crippen LogP contribution in [0.2, 0.25) is 0 Å². The number of ether oxygens (including phenoxy) is 1. The van der Waals surface area contributed by atoms with E-state index in [0.29, 0.717) is 23.1 Å². The van der Waals surface area contributed by atoms with Crippen LogP contribution in [0.5, 0.6) is 0 Å². The van der Waals surface area contributed by atoms with Gasteiger partial charge in [-0.2, -0.15) is 0 Å². The summed E-state index contributed by atoms with van der Waals surface area (Å²) in [6.07, 6.45) is 0. The number of thiophene rings is 2. The molecule has 84 valence electrons. The molecule has 6 heteroatoms. The summed E-state index contributed by atoms with van der Waals surface area (Å²) in [4.78, 5) is 22.8. The number of hydrogen-bond donors (Lipinski definition) is 1. The second-order valence-corrected chi connectivity index (χ2v) is 5.06. The molecule has 0 spiro atoms. The average molecular weight is 255 g/mol. The van der Waals surface area contributed by atoms with E-state index in [1.165, 1.54) is 22.7 Å². The van der Waals surface area contributed by atoms with Crippen molar-refractivity contribution in [2.24, 2.45) is 5.73 Å². The first-order valence-electron chi connectivity index (χ1n) is 4.60. The second-order valence-electron chi connectivity index (χ2n) is 3.05. The lowest BCUT2D eigenvalue weighted by Crippen LogP contribution is -2.11. The van der Waals surface area contributed by atoms with Gasteiger partial charge in [0, 0.05) is 16.1 Å². The van der Waals surface area contributed by atoms with Gasteiger partial charge in [-0.25, -0.2) is 4.79 Å². The van der Waals surface area contributed by atoms with Gasteiger partial charge in [-0.1, -0.05) is 0 Å². The Morgan fingerprint density at radius 2 is 1.94 bits per heavy atom. The molecule has 2 N–H and O–H groups in total. The third kappa shape index (κ3) is 1.70. The van der Waals surface area contributed by atoms with Crippen LogP contribution in [-0.2, 0) is 4.74 Å². The normalized spacial score (nSPS) is 10.6. The van der Waals surface area contributed by atoms with E-state index in [0.717, 1.165) is 4.01 Å². The first kappa shape index (κ1) is 11.1. The maximum atomic E-state index is 11.6. The predicted octanol–water partition coefficient (Wildman–Crippen LogP) is 2.24. The molecule has 16 heavy (non-hydrogen) atoms. The summed E-state index contributed by atoms with van der Waals surface area (Å²) in [5.41, 5.74) is 6.07. The van der Waals surface area contributed by atoms with Crippen LogP contribution in [-0.4, -0.2) is 18.5 Å². The Hall–Kier alpha value is -1.40. The molecule has 0 saturated heterocycles. The molecule has 2 aromatic rings. The summed E-state index contributed by atoms with van der Waals surface area (Å²) in [5.74, 6) is -0.926. The number of carbonyl (C=O) groups excluding carboxylic acids is 2. The summed E-state index contributed by atoms with van der Waals surface area (Å²) in [6.45, 7) is 2.05. The molecule has 0 aliphatic rings.